The number of piperazine rings is 1. The van der Waals surface area contributed by atoms with Gasteiger partial charge in [0, 0.05) is 43.6 Å². The lowest BCUT2D eigenvalue weighted by Crippen LogP contribution is -2.53. The maximum Gasteiger partial charge on any atom is 0.319 e. The van der Waals surface area contributed by atoms with Crippen LogP contribution >= 0.6 is 0 Å². The molecule has 0 spiro atoms. The first kappa shape index (κ1) is 24.2. The van der Waals surface area contributed by atoms with E-state index in [1.807, 2.05) is 23.1 Å². The first-order valence-electron chi connectivity index (χ1n) is 12.4. The Hall–Kier alpha value is -3.50. The number of anilines is 2. The largest absolute Gasteiger partial charge is 0.454 e. The van der Waals surface area contributed by atoms with Gasteiger partial charge < -0.3 is 39.8 Å². The van der Waals surface area contributed by atoms with E-state index in [2.05, 4.69) is 27.7 Å². The molecule has 5 rings (SSSR count). The summed E-state index contributed by atoms with van der Waals surface area (Å²) in [6, 6.07) is 14.6. The van der Waals surface area contributed by atoms with E-state index in [1.165, 1.54) is 5.69 Å². The summed E-state index contributed by atoms with van der Waals surface area (Å²) >= 11 is 0. The molecule has 0 saturated carbocycles. The number of urea groups is 1. The van der Waals surface area contributed by atoms with Crippen molar-refractivity contribution in [2.45, 2.75) is 37.5 Å². The molecule has 2 aromatic carbocycles. The molecular formula is C26H32N4O6. The average Bonchev–Trinajstić information content (AvgIpc) is 3.38. The predicted octanol–water partition coefficient (Wildman–Crippen LogP) is 2.18. The molecule has 10 heteroatoms. The Labute approximate surface area is 210 Å². The molecule has 0 radical (unpaired) electrons. The lowest BCUT2D eigenvalue weighted by Gasteiger charge is -2.38. The molecular weight excluding hydrogens is 464 g/mol. The molecule has 3 aliphatic heterocycles. The quantitative estimate of drug-likeness (QED) is 0.562. The third kappa shape index (κ3) is 5.66. The molecule has 192 valence electrons. The average molecular weight is 497 g/mol. The Kier molecular flexibility index (Phi) is 7.43. The zero-order valence-corrected chi connectivity index (χ0v) is 20.1. The van der Waals surface area contributed by atoms with Crippen LogP contribution in [-0.4, -0.2) is 79.8 Å². The van der Waals surface area contributed by atoms with Crippen LogP contribution in [0.1, 0.15) is 19.3 Å². The first-order valence-corrected chi connectivity index (χ1v) is 12.4. The van der Waals surface area contributed by atoms with Crippen LogP contribution in [0.2, 0.25) is 0 Å². The van der Waals surface area contributed by atoms with Gasteiger partial charge in [-0.15, -0.1) is 0 Å². The van der Waals surface area contributed by atoms with E-state index in [9.17, 15) is 14.7 Å². The number of fused-ring (bicyclic) bond motifs is 1. The second-order valence-electron chi connectivity index (χ2n) is 9.24. The highest BCUT2D eigenvalue weighted by Crippen LogP contribution is 2.34. The summed E-state index contributed by atoms with van der Waals surface area (Å²) < 4.78 is 16.6. The number of nitrogens with one attached hydrogen (secondary N) is 2. The van der Waals surface area contributed by atoms with Crippen LogP contribution in [-0.2, 0) is 9.53 Å². The van der Waals surface area contributed by atoms with Gasteiger partial charge in [-0.1, -0.05) is 18.2 Å². The fourth-order valence-corrected chi connectivity index (χ4v) is 4.93. The topological polar surface area (TPSA) is 113 Å². The van der Waals surface area contributed by atoms with Gasteiger partial charge in [0.05, 0.1) is 25.2 Å². The molecule has 3 atom stereocenters. The minimum absolute atomic E-state index is 0.0661. The maximum atomic E-state index is 12.9. The zero-order valence-electron chi connectivity index (χ0n) is 20.1. The van der Waals surface area contributed by atoms with Crippen molar-refractivity contribution in [2.24, 2.45) is 0 Å². The van der Waals surface area contributed by atoms with Crippen molar-refractivity contribution in [3.63, 3.8) is 0 Å². The molecule has 10 nitrogen and oxygen atoms in total. The molecule has 3 heterocycles. The number of para-hydroxylation sites is 1. The van der Waals surface area contributed by atoms with Gasteiger partial charge in [0.25, 0.3) is 0 Å². The number of nitrogens with zero attached hydrogens (tertiary/aromatic N) is 2. The molecule has 2 fully saturated rings. The smallest absolute Gasteiger partial charge is 0.319 e. The molecule has 3 aliphatic rings. The molecule has 0 unspecified atom stereocenters. The van der Waals surface area contributed by atoms with Crippen LogP contribution in [0.5, 0.6) is 11.5 Å². The third-order valence-corrected chi connectivity index (χ3v) is 6.90. The second-order valence-corrected chi connectivity index (χ2v) is 9.24. The van der Waals surface area contributed by atoms with Crippen molar-refractivity contribution in [2.75, 3.05) is 49.8 Å². The Bertz CT molecular complexity index is 1060. The van der Waals surface area contributed by atoms with Crippen molar-refractivity contribution >= 4 is 23.3 Å². The molecule has 2 aromatic rings. The highest BCUT2D eigenvalue weighted by atomic mass is 16.7. The van der Waals surface area contributed by atoms with E-state index in [0.29, 0.717) is 43.1 Å². The van der Waals surface area contributed by atoms with Crippen LogP contribution in [0.3, 0.4) is 0 Å². The van der Waals surface area contributed by atoms with E-state index in [-0.39, 0.29) is 37.9 Å². The van der Waals surface area contributed by atoms with Crippen LogP contribution in [0.25, 0.3) is 0 Å². The Morgan fingerprint density at radius 1 is 0.972 bits per heavy atom. The molecule has 2 saturated heterocycles. The Morgan fingerprint density at radius 2 is 1.75 bits per heavy atom. The molecule has 0 aromatic heterocycles. The number of benzene rings is 2. The van der Waals surface area contributed by atoms with Gasteiger partial charge in [-0.25, -0.2) is 4.79 Å². The summed E-state index contributed by atoms with van der Waals surface area (Å²) in [6.45, 7) is 2.86. The van der Waals surface area contributed by atoms with Gasteiger partial charge in [0.15, 0.2) is 11.5 Å². The number of carbonyl (C=O) groups excluding carboxylic acids is 2. The van der Waals surface area contributed by atoms with Gasteiger partial charge in [-0.05, 0) is 37.1 Å². The molecule has 36 heavy (non-hydrogen) atoms. The summed E-state index contributed by atoms with van der Waals surface area (Å²) in [5, 5.41) is 15.5. The van der Waals surface area contributed by atoms with E-state index < -0.39 is 12.1 Å². The minimum atomic E-state index is -0.575. The van der Waals surface area contributed by atoms with Gasteiger partial charge >= 0.3 is 6.03 Å². The summed E-state index contributed by atoms with van der Waals surface area (Å²) in [7, 11) is 0. The van der Waals surface area contributed by atoms with Crippen molar-refractivity contribution in [3.8, 4) is 11.5 Å². The van der Waals surface area contributed by atoms with Gasteiger partial charge in [0.2, 0.25) is 12.7 Å². The molecule has 0 bridgehead atoms. The van der Waals surface area contributed by atoms with E-state index in [0.717, 1.165) is 13.1 Å². The lowest BCUT2D eigenvalue weighted by atomic mass is 9.97. The summed E-state index contributed by atoms with van der Waals surface area (Å²) in [5.41, 5.74) is 1.75. The predicted molar refractivity (Wildman–Crippen MR) is 133 cm³/mol. The fourth-order valence-electron chi connectivity index (χ4n) is 4.93. The van der Waals surface area contributed by atoms with Gasteiger partial charge in [-0.3, -0.25) is 4.79 Å². The summed E-state index contributed by atoms with van der Waals surface area (Å²) in [4.78, 5) is 29.6. The summed E-state index contributed by atoms with van der Waals surface area (Å²) in [6.07, 6.45) is 0.657. The van der Waals surface area contributed by atoms with Crippen LogP contribution in [0.4, 0.5) is 16.2 Å². The number of rotatable bonds is 6. The Morgan fingerprint density at radius 3 is 2.53 bits per heavy atom. The van der Waals surface area contributed by atoms with Crippen molar-refractivity contribution in [1.82, 2.24) is 10.2 Å². The number of hydrogen-bond donors (Lipinski definition) is 3. The SMILES string of the molecule is O=C(Nc1ccc2c(c1)OCO2)N[C@@H]1CC[C@H](CC(=O)N2CCN(c3ccccc3)CC2)O[C@@H]1CO. The standard InChI is InChI=1S/C26H32N4O6/c31-16-24-21(28-26(33)27-18-6-9-22-23(14-18)35-17-34-22)8-7-20(36-24)15-25(32)30-12-10-29(11-13-30)19-4-2-1-3-5-19/h1-6,9,14,20-21,24,31H,7-8,10-13,15-17H2,(H2,27,28,33)/t20-,21-,24-/m1/s1. The molecule has 0 aliphatic carbocycles. The monoisotopic (exact) mass is 496 g/mol. The van der Waals surface area contributed by atoms with Crippen molar-refractivity contribution in [1.29, 1.82) is 0 Å². The third-order valence-electron chi connectivity index (χ3n) is 6.90. The minimum Gasteiger partial charge on any atom is -0.454 e. The number of aliphatic hydroxyl groups is 1. The number of carbonyl (C=O) groups is 2. The van der Waals surface area contributed by atoms with Gasteiger partial charge in [0.1, 0.15) is 6.10 Å². The maximum absolute atomic E-state index is 12.9. The van der Waals surface area contributed by atoms with Crippen LogP contribution in [0.15, 0.2) is 48.5 Å². The van der Waals surface area contributed by atoms with E-state index in [4.69, 9.17) is 14.2 Å². The normalized spacial score (nSPS) is 23.3. The molecule has 3 N–H and O–H groups in total. The fraction of sp³-hybridized carbons (Fsp3) is 0.462. The van der Waals surface area contributed by atoms with Crippen molar-refractivity contribution < 1.29 is 28.9 Å². The highest BCUT2D eigenvalue weighted by molar-refractivity contribution is 5.90. The zero-order chi connectivity index (χ0) is 24.9. The number of ether oxygens (including phenoxy) is 3. The number of amides is 3. The first-order chi connectivity index (χ1) is 17.6. The van der Waals surface area contributed by atoms with Crippen molar-refractivity contribution in [3.05, 3.63) is 48.5 Å². The lowest BCUT2D eigenvalue weighted by molar-refractivity contribution is -0.140. The number of hydrogen-bond acceptors (Lipinski definition) is 7. The van der Waals surface area contributed by atoms with Crippen LogP contribution < -0.4 is 25.0 Å². The van der Waals surface area contributed by atoms with E-state index in [1.54, 1.807) is 18.2 Å². The van der Waals surface area contributed by atoms with Crippen LogP contribution in [0, 0.1) is 0 Å². The van der Waals surface area contributed by atoms with E-state index >= 15 is 0 Å². The molecule has 3 amide bonds. The Balaban J connectivity index is 1.07. The highest BCUT2D eigenvalue weighted by Gasteiger charge is 2.34. The summed E-state index contributed by atoms with van der Waals surface area (Å²) in [5.74, 6) is 1.29. The second kappa shape index (κ2) is 11.0. The number of aliphatic hydroxyl groups excluding tert-OH is 1. The van der Waals surface area contributed by atoms with Gasteiger partial charge in [-0.2, -0.15) is 0 Å².